The van der Waals surface area contributed by atoms with E-state index in [-0.39, 0.29) is 27.7 Å². The summed E-state index contributed by atoms with van der Waals surface area (Å²) in [6.07, 6.45) is -5.84. The number of halogens is 1. The van der Waals surface area contributed by atoms with Gasteiger partial charge in [0, 0.05) is 6.07 Å². The van der Waals surface area contributed by atoms with Crippen molar-refractivity contribution in [2.45, 2.75) is 30.7 Å². The maximum Gasteiger partial charge on any atom is 0.229 e. The number of aliphatic hydroxyl groups excluding tert-OH is 4. The number of hydrogen-bond donors (Lipinski definition) is 4. The van der Waals surface area contributed by atoms with Gasteiger partial charge in [-0.3, -0.25) is 4.79 Å². The van der Waals surface area contributed by atoms with Crippen LogP contribution < -0.4 is 10.2 Å². The van der Waals surface area contributed by atoms with E-state index in [0.717, 1.165) is 0 Å². The van der Waals surface area contributed by atoms with Crippen LogP contribution in [0.2, 0.25) is 0 Å². The molecule has 2 heterocycles. The summed E-state index contributed by atoms with van der Waals surface area (Å²) in [5.74, 6) is -0.247. The first-order valence-electron chi connectivity index (χ1n) is 9.17. The zero-order valence-corrected chi connectivity index (χ0v) is 15.5. The number of aliphatic hydroxyl groups is 4. The second kappa shape index (κ2) is 8.13. The molecular weight excluding hydrogens is 399 g/mol. The molecule has 8 nitrogen and oxygen atoms in total. The average molecular weight is 418 g/mol. The molecule has 1 aromatic heterocycles. The van der Waals surface area contributed by atoms with Gasteiger partial charge < -0.3 is 34.3 Å². The summed E-state index contributed by atoms with van der Waals surface area (Å²) in [5, 5.41) is 39.3. The third-order valence-electron chi connectivity index (χ3n) is 5.00. The number of benzene rings is 2. The Balaban J connectivity index is 1.62. The van der Waals surface area contributed by atoms with Crippen LogP contribution >= 0.6 is 0 Å². The van der Waals surface area contributed by atoms with E-state index in [0.29, 0.717) is 5.56 Å². The van der Waals surface area contributed by atoms with Gasteiger partial charge in [0.2, 0.25) is 6.29 Å². The number of fused-ring (bicyclic) bond motifs is 1. The maximum atomic E-state index is 13.1. The van der Waals surface area contributed by atoms with Crippen LogP contribution in [-0.2, 0) is 4.74 Å². The topological polar surface area (TPSA) is 130 Å². The molecule has 0 aliphatic carbocycles. The van der Waals surface area contributed by atoms with Crippen LogP contribution in [0.5, 0.6) is 5.75 Å². The lowest BCUT2D eigenvalue weighted by Gasteiger charge is -2.39. The van der Waals surface area contributed by atoms with E-state index in [2.05, 4.69) is 0 Å². The zero-order valence-electron chi connectivity index (χ0n) is 15.5. The molecule has 0 bridgehead atoms. The number of rotatable bonds is 4. The van der Waals surface area contributed by atoms with E-state index in [4.69, 9.17) is 13.9 Å². The maximum absolute atomic E-state index is 13.1. The van der Waals surface area contributed by atoms with Crippen LogP contribution in [0.25, 0.3) is 22.1 Å². The highest BCUT2D eigenvalue weighted by Gasteiger charge is 2.44. The Morgan fingerprint density at radius 2 is 1.73 bits per heavy atom. The Kier molecular flexibility index (Phi) is 5.54. The minimum atomic E-state index is -1.57. The van der Waals surface area contributed by atoms with Crippen molar-refractivity contribution in [3.63, 3.8) is 0 Å². The first kappa shape index (κ1) is 20.5. The summed E-state index contributed by atoms with van der Waals surface area (Å²) < 4.78 is 29.5. The van der Waals surface area contributed by atoms with Gasteiger partial charge in [0.05, 0.1) is 17.6 Å². The van der Waals surface area contributed by atoms with Crippen molar-refractivity contribution in [2.75, 3.05) is 6.61 Å². The van der Waals surface area contributed by atoms with Gasteiger partial charge in [0.15, 0.2) is 5.43 Å². The SMILES string of the molecule is O=c1c(-c2ccc(F)cc2)coc2cc(O[C@H]3O[C@@H](CO)[C@H](O)[C@@H](O)[C@@H]3O)ccc12. The van der Waals surface area contributed by atoms with E-state index in [1.54, 1.807) is 0 Å². The van der Waals surface area contributed by atoms with Crippen molar-refractivity contribution in [3.8, 4) is 16.9 Å². The molecule has 0 unspecified atom stereocenters. The highest BCUT2D eigenvalue weighted by atomic mass is 19.1. The van der Waals surface area contributed by atoms with Crippen LogP contribution in [0, 0.1) is 5.82 Å². The highest BCUT2D eigenvalue weighted by Crippen LogP contribution is 2.27. The van der Waals surface area contributed by atoms with Crippen LogP contribution in [0.1, 0.15) is 0 Å². The molecule has 5 atom stereocenters. The summed E-state index contributed by atoms with van der Waals surface area (Å²) >= 11 is 0. The van der Waals surface area contributed by atoms with Gasteiger partial charge in [0.25, 0.3) is 0 Å². The minimum Gasteiger partial charge on any atom is -0.463 e. The van der Waals surface area contributed by atoms with Crippen LogP contribution in [0.4, 0.5) is 4.39 Å². The normalized spacial score (nSPS) is 26.6. The predicted octanol–water partition coefficient (Wildman–Crippen LogP) is 0.778. The molecule has 4 N–H and O–H groups in total. The first-order valence-corrected chi connectivity index (χ1v) is 9.17. The van der Waals surface area contributed by atoms with E-state index in [9.17, 15) is 29.6 Å². The molecule has 0 spiro atoms. The van der Waals surface area contributed by atoms with Crippen LogP contribution in [0.15, 0.2) is 57.9 Å². The van der Waals surface area contributed by atoms with Gasteiger partial charge in [-0.25, -0.2) is 4.39 Å². The summed E-state index contributed by atoms with van der Waals surface area (Å²) in [4.78, 5) is 12.8. The van der Waals surface area contributed by atoms with Gasteiger partial charge in [-0.1, -0.05) is 12.1 Å². The Morgan fingerprint density at radius 1 is 1.00 bits per heavy atom. The van der Waals surface area contributed by atoms with Crippen molar-refractivity contribution in [2.24, 2.45) is 0 Å². The molecule has 4 rings (SSSR count). The first-order chi connectivity index (χ1) is 14.4. The fourth-order valence-electron chi connectivity index (χ4n) is 3.31. The molecule has 30 heavy (non-hydrogen) atoms. The lowest BCUT2D eigenvalue weighted by Crippen LogP contribution is -2.60. The molecule has 1 aliphatic heterocycles. The standard InChI is InChI=1S/C21H19FO8/c22-11-3-1-10(2-4-11)14-9-28-15-7-12(5-6-13(15)17(14)24)29-21-20(27)19(26)18(25)16(8-23)30-21/h1-7,9,16,18-21,23,25-27H,8H2/t16-,18-,19+,20-,21-/m0/s1. The van der Waals surface area contributed by atoms with Gasteiger partial charge in [0.1, 0.15) is 47.8 Å². The van der Waals surface area contributed by atoms with Gasteiger partial charge in [-0.2, -0.15) is 0 Å². The van der Waals surface area contributed by atoms with Crippen LogP contribution in [-0.4, -0.2) is 57.7 Å². The van der Waals surface area contributed by atoms with E-state index < -0.39 is 43.1 Å². The zero-order chi connectivity index (χ0) is 21.4. The molecule has 3 aromatic rings. The third kappa shape index (κ3) is 3.69. The van der Waals surface area contributed by atoms with Gasteiger partial charge >= 0.3 is 0 Å². The molecule has 1 fully saturated rings. The van der Waals surface area contributed by atoms with E-state index in [1.165, 1.54) is 48.7 Å². The fraction of sp³-hybridized carbons (Fsp3) is 0.286. The lowest BCUT2D eigenvalue weighted by molar-refractivity contribution is -0.277. The number of ether oxygens (including phenoxy) is 2. The summed E-state index contributed by atoms with van der Waals surface area (Å²) in [5.41, 5.74) is 0.661. The molecular formula is C21H19FO8. The quantitative estimate of drug-likeness (QED) is 0.489. The van der Waals surface area contributed by atoms with Gasteiger partial charge in [-0.05, 0) is 29.8 Å². The molecule has 158 valence electrons. The Morgan fingerprint density at radius 3 is 2.43 bits per heavy atom. The Hall–Kier alpha value is -2.82. The minimum absolute atomic E-state index is 0.171. The second-order valence-electron chi connectivity index (χ2n) is 6.96. The summed E-state index contributed by atoms with van der Waals surface area (Å²) in [7, 11) is 0. The molecule has 2 aromatic carbocycles. The second-order valence-corrected chi connectivity index (χ2v) is 6.96. The van der Waals surface area contributed by atoms with Crippen molar-refractivity contribution < 1.29 is 38.7 Å². The van der Waals surface area contributed by atoms with Crippen molar-refractivity contribution >= 4 is 11.0 Å². The monoisotopic (exact) mass is 418 g/mol. The van der Waals surface area contributed by atoms with Crippen molar-refractivity contribution in [3.05, 3.63) is 64.8 Å². The predicted molar refractivity (Wildman–Crippen MR) is 102 cm³/mol. The number of hydrogen-bond acceptors (Lipinski definition) is 8. The average Bonchev–Trinajstić information content (AvgIpc) is 2.75. The third-order valence-corrected chi connectivity index (χ3v) is 5.00. The van der Waals surface area contributed by atoms with E-state index >= 15 is 0 Å². The summed E-state index contributed by atoms with van der Waals surface area (Å²) in [6.45, 7) is -0.580. The Labute approximate surface area is 169 Å². The largest absolute Gasteiger partial charge is 0.463 e. The fourth-order valence-corrected chi connectivity index (χ4v) is 3.31. The summed E-state index contributed by atoms with van der Waals surface area (Å²) in [6, 6.07) is 9.77. The van der Waals surface area contributed by atoms with Gasteiger partial charge in [-0.15, -0.1) is 0 Å². The highest BCUT2D eigenvalue weighted by molar-refractivity contribution is 5.82. The Bertz CT molecular complexity index is 1090. The molecule has 9 heteroatoms. The smallest absolute Gasteiger partial charge is 0.229 e. The molecule has 0 amide bonds. The molecule has 0 radical (unpaired) electrons. The molecule has 1 aliphatic rings. The molecule has 1 saturated heterocycles. The molecule has 0 saturated carbocycles. The van der Waals surface area contributed by atoms with E-state index in [1.807, 2.05) is 0 Å². The van der Waals surface area contributed by atoms with Crippen LogP contribution in [0.3, 0.4) is 0 Å². The van der Waals surface area contributed by atoms with Crippen molar-refractivity contribution in [1.29, 1.82) is 0 Å². The van der Waals surface area contributed by atoms with Crippen molar-refractivity contribution in [1.82, 2.24) is 0 Å². The lowest BCUT2D eigenvalue weighted by atomic mass is 9.99.